The van der Waals surface area contributed by atoms with Gasteiger partial charge in [-0.3, -0.25) is 0 Å². The molecule has 142 valence electrons. The maximum Gasteiger partial charge on any atom is 0.335 e. The van der Waals surface area contributed by atoms with Gasteiger partial charge in [0.25, 0.3) is 0 Å². The van der Waals surface area contributed by atoms with Crippen molar-refractivity contribution >= 4 is 17.3 Å². The van der Waals surface area contributed by atoms with Crippen LogP contribution in [0.2, 0.25) is 0 Å². The number of nitrogens with zero attached hydrogens (tertiary/aromatic N) is 4. The van der Waals surface area contributed by atoms with E-state index in [0.29, 0.717) is 0 Å². The Kier molecular flexibility index (Phi) is 5.96. The van der Waals surface area contributed by atoms with Gasteiger partial charge in [0.1, 0.15) is 5.01 Å². The summed E-state index contributed by atoms with van der Waals surface area (Å²) in [6, 6.07) is 14.7. The van der Waals surface area contributed by atoms with Crippen LogP contribution in [0.5, 0.6) is 0 Å². The topological polar surface area (TPSA) is 80.9 Å². The van der Waals surface area contributed by atoms with E-state index < -0.39 is 5.97 Å². The number of aromatic nitrogens is 4. The van der Waals surface area contributed by atoms with Crippen molar-refractivity contribution in [1.82, 2.24) is 20.0 Å². The van der Waals surface area contributed by atoms with Gasteiger partial charge in [-0.15, -0.1) is 10.2 Å². The van der Waals surface area contributed by atoms with E-state index in [-0.39, 0.29) is 5.56 Å². The van der Waals surface area contributed by atoms with Gasteiger partial charge in [0.2, 0.25) is 0 Å². The predicted molar refractivity (Wildman–Crippen MR) is 111 cm³/mol. The van der Waals surface area contributed by atoms with Crippen LogP contribution in [0.1, 0.15) is 29.8 Å². The van der Waals surface area contributed by atoms with Gasteiger partial charge in [-0.1, -0.05) is 55.0 Å². The first-order valence-electron chi connectivity index (χ1n) is 8.89. The largest absolute Gasteiger partial charge is 0.478 e. The maximum absolute atomic E-state index is 10.9. The molecule has 0 atom stereocenters. The van der Waals surface area contributed by atoms with Crippen molar-refractivity contribution in [3.05, 3.63) is 72.1 Å². The van der Waals surface area contributed by atoms with Gasteiger partial charge in [0, 0.05) is 11.8 Å². The minimum Gasteiger partial charge on any atom is -0.478 e. The maximum atomic E-state index is 10.9. The first kappa shape index (κ1) is 19.4. The van der Waals surface area contributed by atoms with Gasteiger partial charge in [-0.2, -0.15) is 5.10 Å². The Morgan fingerprint density at radius 2 is 1.54 bits per heavy atom. The fourth-order valence-electron chi connectivity index (χ4n) is 2.48. The van der Waals surface area contributed by atoms with Crippen LogP contribution in [0.15, 0.2) is 60.9 Å². The van der Waals surface area contributed by atoms with E-state index in [4.69, 9.17) is 5.11 Å². The molecule has 6 nitrogen and oxygen atoms in total. The molecule has 7 heteroatoms. The number of carboxylic acids is 1. The second-order valence-electron chi connectivity index (χ2n) is 5.80. The van der Waals surface area contributed by atoms with Crippen molar-refractivity contribution in [3.63, 3.8) is 0 Å². The number of carbonyl (C=O) groups is 1. The second-order valence-corrected chi connectivity index (χ2v) is 6.78. The molecule has 0 amide bonds. The molecule has 0 unspecified atom stereocenters. The Morgan fingerprint density at radius 3 is 2.14 bits per heavy atom. The number of hydrogen-bond donors (Lipinski definition) is 1. The summed E-state index contributed by atoms with van der Waals surface area (Å²) in [5, 5.41) is 23.3. The minimum atomic E-state index is -0.946. The molecule has 4 rings (SSSR count). The molecule has 1 N–H and O–H groups in total. The molecule has 4 aromatic rings. The van der Waals surface area contributed by atoms with E-state index >= 15 is 0 Å². The van der Waals surface area contributed by atoms with Gasteiger partial charge in [-0.05, 0) is 31.2 Å². The quantitative estimate of drug-likeness (QED) is 0.523. The van der Waals surface area contributed by atoms with Gasteiger partial charge in [-0.25, -0.2) is 9.48 Å². The Bertz CT molecular complexity index is 1070. The fraction of sp³-hybridized carbons (Fsp3) is 0.143. The van der Waals surface area contributed by atoms with Crippen LogP contribution >= 0.6 is 11.3 Å². The van der Waals surface area contributed by atoms with Crippen LogP contribution in [0.3, 0.4) is 0 Å². The first-order valence-corrected chi connectivity index (χ1v) is 9.71. The summed E-state index contributed by atoms with van der Waals surface area (Å²) in [6.45, 7) is 6.05. The van der Waals surface area contributed by atoms with Crippen molar-refractivity contribution in [2.24, 2.45) is 0 Å². The molecule has 0 aliphatic carbocycles. The Labute approximate surface area is 167 Å². The van der Waals surface area contributed by atoms with E-state index in [2.05, 4.69) is 15.3 Å². The summed E-state index contributed by atoms with van der Waals surface area (Å²) in [5.41, 5.74) is 4.15. The summed E-state index contributed by atoms with van der Waals surface area (Å²) in [4.78, 5) is 10.9. The van der Waals surface area contributed by atoms with Crippen molar-refractivity contribution in [2.45, 2.75) is 20.8 Å². The summed E-state index contributed by atoms with van der Waals surface area (Å²) >= 11 is 1.44. The highest BCUT2D eigenvalue weighted by molar-refractivity contribution is 7.17. The van der Waals surface area contributed by atoms with E-state index in [1.165, 1.54) is 16.9 Å². The molecule has 28 heavy (non-hydrogen) atoms. The predicted octanol–water partition coefficient (Wildman–Crippen LogP) is 5.09. The van der Waals surface area contributed by atoms with E-state index in [1.807, 2.05) is 51.2 Å². The molecule has 0 spiro atoms. The van der Waals surface area contributed by atoms with Gasteiger partial charge in [0.05, 0.1) is 23.0 Å². The summed E-state index contributed by atoms with van der Waals surface area (Å²) in [7, 11) is 0. The van der Waals surface area contributed by atoms with E-state index in [1.54, 1.807) is 35.1 Å². The molecule has 2 heterocycles. The standard InChI is InChI=1S/C19H14N4O2S.C2H6/c1-12-2-8-16(9-3-12)23-11-15(10-20-23)18-22-21-17(26-18)13-4-6-14(7-5-13)19(24)25;1-2/h2-11H,1H3,(H,24,25);1-2H3. The third-order valence-electron chi connectivity index (χ3n) is 3.93. The van der Waals surface area contributed by atoms with Crippen LogP contribution in [0.25, 0.3) is 26.8 Å². The lowest BCUT2D eigenvalue weighted by Crippen LogP contribution is -1.94. The number of aryl methyl sites for hydroxylation is 1. The molecule has 0 aliphatic rings. The third kappa shape index (κ3) is 4.15. The number of hydrogen-bond acceptors (Lipinski definition) is 5. The summed E-state index contributed by atoms with van der Waals surface area (Å²) in [5.74, 6) is -0.946. The monoisotopic (exact) mass is 392 g/mol. The lowest BCUT2D eigenvalue weighted by atomic mass is 10.1. The van der Waals surface area contributed by atoms with Crippen LogP contribution < -0.4 is 0 Å². The van der Waals surface area contributed by atoms with Crippen LogP contribution in [0, 0.1) is 6.92 Å². The lowest BCUT2D eigenvalue weighted by molar-refractivity contribution is 0.0697. The van der Waals surface area contributed by atoms with E-state index in [9.17, 15) is 4.79 Å². The van der Waals surface area contributed by atoms with Crippen LogP contribution in [-0.4, -0.2) is 31.1 Å². The molecule has 0 saturated carbocycles. The van der Waals surface area contributed by atoms with Crippen LogP contribution in [0.4, 0.5) is 0 Å². The Hall–Kier alpha value is -3.32. The molecule has 0 aliphatic heterocycles. The highest BCUT2D eigenvalue weighted by atomic mass is 32.1. The zero-order valence-electron chi connectivity index (χ0n) is 15.8. The molecule has 2 aromatic carbocycles. The number of carboxylic acid groups (broad SMARTS) is 1. The lowest BCUT2D eigenvalue weighted by Gasteiger charge is -2.00. The number of aromatic carboxylic acids is 1. The van der Waals surface area contributed by atoms with Gasteiger partial charge >= 0.3 is 5.97 Å². The summed E-state index contributed by atoms with van der Waals surface area (Å²) in [6.07, 6.45) is 3.68. The SMILES string of the molecule is CC.Cc1ccc(-n2cc(-c3nnc(-c4ccc(C(=O)O)cc4)s3)cn2)cc1. The van der Waals surface area contributed by atoms with Gasteiger partial charge in [0.15, 0.2) is 5.01 Å². The molecule has 0 fully saturated rings. The minimum absolute atomic E-state index is 0.248. The molecule has 2 aromatic heterocycles. The average molecular weight is 392 g/mol. The highest BCUT2D eigenvalue weighted by Gasteiger charge is 2.12. The van der Waals surface area contributed by atoms with Crippen molar-refractivity contribution in [3.8, 4) is 26.8 Å². The molecule has 0 bridgehead atoms. The fourth-order valence-corrected chi connectivity index (χ4v) is 3.31. The molecule has 0 radical (unpaired) electrons. The average Bonchev–Trinajstić information content (AvgIpc) is 3.40. The highest BCUT2D eigenvalue weighted by Crippen LogP contribution is 2.30. The first-order chi connectivity index (χ1) is 13.6. The number of rotatable bonds is 4. The Morgan fingerprint density at radius 1 is 0.929 bits per heavy atom. The van der Waals surface area contributed by atoms with Crippen molar-refractivity contribution in [2.75, 3.05) is 0 Å². The molecular formula is C21H20N4O2S. The van der Waals surface area contributed by atoms with Crippen molar-refractivity contribution in [1.29, 1.82) is 0 Å². The third-order valence-corrected chi connectivity index (χ3v) is 4.95. The smallest absolute Gasteiger partial charge is 0.335 e. The Balaban J connectivity index is 0.00000109. The van der Waals surface area contributed by atoms with Crippen molar-refractivity contribution < 1.29 is 9.90 Å². The summed E-state index contributed by atoms with van der Waals surface area (Å²) < 4.78 is 1.80. The molecule has 0 saturated heterocycles. The van der Waals surface area contributed by atoms with Gasteiger partial charge < -0.3 is 5.11 Å². The van der Waals surface area contributed by atoms with E-state index in [0.717, 1.165) is 26.8 Å². The molecular weight excluding hydrogens is 372 g/mol. The zero-order valence-corrected chi connectivity index (χ0v) is 16.6. The normalized spacial score (nSPS) is 10.2. The number of benzene rings is 2. The second kappa shape index (κ2) is 8.58. The zero-order chi connectivity index (χ0) is 20.1. The van der Waals surface area contributed by atoms with Crippen LogP contribution in [-0.2, 0) is 0 Å².